The number of nitrogens with zero attached hydrogens (tertiary/aromatic N) is 1. The van der Waals surface area contributed by atoms with Gasteiger partial charge in [-0.05, 0) is 35.2 Å². The number of halogens is 1. The number of amides is 1. The second-order valence-corrected chi connectivity index (χ2v) is 6.48. The Kier molecular flexibility index (Phi) is 5.82. The van der Waals surface area contributed by atoms with E-state index in [2.05, 4.69) is 10.5 Å². The molecule has 0 aliphatic heterocycles. The Hall–Kier alpha value is -2.63. The summed E-state index contributed by atoms with van der Waals surface area (Å²) < 4.78 is 5.77. The number of hydrazone groups is 1. The number of ether oxygens (including phenoxy) is 1. The molecule has 0 unspecified atom stereocenters. The first-order valence-corrected chi connectivity index (χ1v) is 8.81. The van der Waals surface area contributed by atoms with Gasteiger partial charge in [0.1, 0.15) is 12.4 Å². The lowest BCUT2D eigenvalue weighted by atomic mass is 10.2. The minimum atomic E-state index is -0.225. The van der Waals surface area contributed by atoms with Crippen LogP contribution in [0, 0.1) is 0 Å². The Bertz CT molecular complexity index is 879. The van der Waals surface area contributed by atoms with Crippen molar-refractivity contribution < 1.29 is 9.53 Å². The Labute approximate surface area is 154 Å². The Morgan fingerprint density at radius 1 is 1.16 bits per heavy atom. The number of nitrogens with one attached hydrogen (secondary N) is 1. The molecule has 0 fully saturated rings. The number of thiophene rings is 1. The molecule has 1 heterocycles. The molecule has 0 spiro atoms. The maximum atomic E-state index is 11.8. The lowest BCUT2D eigenvalue weighted by Gasteiger charge is -2.08. The SMILES string of the molecule is O=C(N/N=C\c1cccc(OCc2ccccc2Cl)c1)c1cccs1. The van der Waals surface area contributed by atoms with Crippen LogP contribution in [0.4, 0.5) is 0 Å². The van der Waals surface area contributed by atoms with Crippen molar-refractivity contribution in [3.63, 3.8) is 0 Å². The molecule has 0 saturated carbocycles. The summed E-state index contributed by atoms with van der Waals surface area (Å²) in [6.07, 6.45) is 1.58. The van der Waals surface area contributed by atoms with E-state index in [0.717, 1.165) is 11.1 Å². The fraction of sp³-hybridized carbons (Fsp3) is 0.0526. The Balaban J connectivity index is 1.58. The molecule has 0 aliphatic rings. The van der Waals surface area contributed by atoms with Gasteiger partial charge >= 0.3 is 0 Å². The number of benzene rings is 2. The molecule has 126 valence electrons. The maximum absolute atomic E-state index is 11.8. The number of rotatable bonds is 6. The van der Waals surface area contributed by atoms with Crippen molar-refractivity contribution in [2.24, 2.45) is 5.10 Å². The van der Waals surface area contributed by atoms with Gasteiger partial charge in [0.2, 0.25) is 0 Å². The van der Waals surface area contributed by atoms with Gasteiger partial charge in [-0.25, -0.2) is 5.43 Å². The van der Waals surface area contributed by atoms with E-state index in [1.54, 1.807) is 12.3 Å². The lowest BCUT2D eigenvalue weighted by molar-refractivity contribution is 0.0959. The minimum Gasteiger partial charge on any atom is -0.489 e. The molecule has 6 heteroatoms. The number of hydrogen-bond donors (Lipinski definition) is 1. The van der Waals surface area contributed by atoms with Crippen molar-refractivity contribution in [1.29, 1.82) is 0 Å². The zero-order chi connectivity index (χ0) is 17.5. The van der Waals surface area contributed by atoms with Gasteiger partial charge in [-0.2, -0.15) is 5.10 Å². The van der Waals surface area contributed by atoms with Crippen molar-refractivity contribution in [2.45, 2.75) is 6.61 Å². The third-order valence-corrected chi connectivity index (χ3v) is 4.57. The summed E-state index contributed by atoms with van der Waals surface area (Å²) in [6, 6.07) is 18.6. The number of carbonyl (C=O) groups excluding carboxylic acids is 1. The molecule has 1 N–H and O–H groups in total. The van der Waals surface area contributed by atoms with Gasteiger partial charge in [-0.1, -0.05) is 48.0 Å². The van der Waals surface area contributed by atoms with E-state index in [1.807, 2.05) is 60.0 Å². The molecule has 3 rings (SSSR count). The highest BCUT2D eigenvalue weighted by molar-refractivity contribution is 7.12. The van der Waals surface area contributed by atoms with E-state index in [4.69, 9.17) is 16.3 Å². The van der Waals surface area contributed by atoms with Crippen molar-refractivity contribution in [3.8, 4) is 5.75 Å². The number of hydrogen-bond acceptors (Lipinski definition) is 4. The predicted octanol–water partition coefficient (Wildman–Crippen LogP) is 4.74. The normalized spacial score (nSPS) is 10.8. The van der Waals surface area contributed by atoms with Crippen LogP contribution in [-0.2, 0) is 6.61 Å². The minimum absolute atomic E-state index is 0.225. The molecule has 3 aromatic rings. The predicted molar refractivity (Wildman–Crippen MR) is 102 cm³/mol. The summed E-state index contributed by atoms with van der Waals surface area (Å²) in [5.41, 5.74) is 4.25. The standard InChI is InChI=1S/C19H15ClN2O2S/c20-17-8-2-1-6-15(17)13-24-16-7-3-5-14(11-16)12-21-22-19(23)18-9-4-10-25-18/h1-12H,13H2,(H,22,23)/b21-12-. The highest BCUT2D eigenvalue weighted by atomic mass is 35.5. The fourth-order valence-electron chi connectivity index (χ4n) is 2.09. The maximum Gasteiger partial charge on any atom is 0.281 e. The van der Waals surface area contributed by atoms with Gasteiger partial charge in [0, 0.05) is 10.6 Å². The van der Waals surface area contributed by atoms with Crippen LogP contribution < -0.4 is 10.2 Å². The molecule has 0 aliphatic carbocycles. The summed E-state index contributed by atoms with van der Waals surface area (Å²) in [5.74, 6) is 0.478. The largest absolute Gasteiger partial charge is 0.489 e. The molecule has 1 aromatic heterocycles. The van der Waals surface area contributed by atoms with Gasteiger partial charge in [0.25, 0.3) is 5.91 Å². The number of carbonyl (C=O) groups is 1. The van der Waals surface area contributed by atoms with E-state index < -0.39 is 0 Å². The molecule has 4 nitrogen and oxygen atoms in total. The van der Waals surface area contributed by atoms with E-state index in [1.165, 1.54) is 11.3 Å². The van der Waals surface area contributed by atoms with E-state index in [9.17, 15) is 4.79 Å². The van der Waals surface area contributed by atoms with E-state index >= 15 is 0 Å². The third-order valence-electron chi connectivity index (χ3n) is 3.33. The summed E-state index contributed by atoms with van der Waals surface area (Å²) in [6.45, 7) is 0.384. The molecular weight excluding hydrogens is 356 g/mol. The van der Waals surface area contributed by atoms with E-state index in [0.29, 0.717) is 22.3 Å². The topological polar surface area (TPSA) is 50.7 Å². The van der Waals surface area contributed by atoms with Crippen molar-refractivity contribution >= 4 is 35.1 Å². The average molecular weight is 371 g/mol. The van der Waals surface area contributed by atoms with Crippen LogP contribution in [0.15, 0.2) is 71.1 Å². The highest BCUT2D eigenvalue weighted by Crippen LogP contribution is 2.19. The molecule has 0 bridgehead atoms. The molecule has 0 radical (unpaired) electrons. The molecule has 0 atom stereocenters. The van der Waals surface area contributed by atoms with Gasteiger partial charge in [-0.3, -0.25) is 4.79 Å². The van der Waals surface area contributed by atoms with Crippen LogP contribution in [0.1, 0.15) is 20.8 Å². The van der Waals surface area contributed by atoms with Crippen molar-refractivity contribution in [2.75, 3.05) is 0 Å². The monoisotopic (exact) mass is 370 g/mol. The first-order valence-electron chi connectivity index (χ1n) is 7.55. The summed E-state index contributed by atoms with van der Waals surface area (Å²) >= 11 is 7.49. The smallest absolute Gasteiger partial charge is 0.281 e. The third kappa shape index (κ3) is 4.92. The second kappa shape index (κ2) is 8.46. The lowest BCUT2D eigenvalue weighted by Crippen LogP contribution is -2.16. The van der Waals surface area contributed by atoms with Crippen LogP contribution in [0.5, 0.6) is 5.75 Å². The first-order chi connectivity index (χ1) is 12.2. The Morgan fingerprint density at radius 2 is 2.04 bits per heavy atom. The summed E-state index contributed by atoms with van der Waals surface area (Å²) in [7, 11) is 0. The van der Waals surface area contributed by atoms with Crippen LogP contribution >= 0.6 is 22.9 Å². The fourth-order valence-corrected chi connectivity index (χ4v) is 2.89. The average Bonchev–Trinajstić information content (AvgIpc) is 3.16. The molecule has 0 saturated heterocycles. The summed E-state index contributed by atoms with van der Waals surface area (Å²) in [4.78, 5) is 12.4. The van der Waals surface area contributed by atoms with Gasteiger partial charge < -0.3 is 4.74 Å². The molecule has 25 heavy (non-hydrogen) atoms. The van der Waals surface area contributed by atoms with Crippen molar-refractivity contribution in [3.05, 3.63) is 87.1 Å². The van der Waals surface area contributed by atoms with Crippen LogP contribution in [0.2, 0.25) is 5.02 Å². The van der Waals surface area contributed by atoms with Gasteiger partial charge in [0.05, 0.1) is 11.1 Å². The summed E-state index contributed by atoms with van der Waals surface area (Å²) in [5, 5.41) is 6.50. The van der Waals surface area contributed by atoms with Crippen molar-refractivity contribution in [1.82, 2.24) is 5.43 Å². The quantitative estimate of drug-likeness (QED) is 0.503. The zero-order valence-corrected chi connectivity index (χ0v) is 14.8. The van der Waals surface area contributed by atoms with Crippen LogP contribution in [-0.4, -0.2) is 12.1 Å². The second-order valence-electron chi connectivity index (χ2n) is 5.13. The molecular formula is C19H15ClN2O2S. The van der Waals surface area contributed by atoms with E-state index in [-0.39, 0.29) is 5.91 Å². The molecule has 2 aromatic carbocycles. The molecule has 1 amide bonds. The van der Waals surface area contributed by atoms with Gasteiger partial charge in [0.15, 0.2) is 0 Å². The van der Waals surface area contributed by atoms with Crippen LogP contribution in [0.3, 0.4) is 0 Å². The first kappa shape index (κ1) is 17.2. The Morgan fingerprint density at radius 3 is 2.84 bits per heavy atom. The van der Waals surface area contributed by atoms with Crippen LogP contribution in [0.25, 0.3) is 0 Å². The highest BCUT2D eigenvalue weighted by Gasteiger charge is 2.04. The van der Waals surface area contributed by atoms with Gasteiger partial charge in [-0.15, -0.1) is 11.3 Å². The zero-order valence-electron chi connectivity index (χ0n) is 13.2.